The van der Waals surface area contributed by atoms with Crippen LogP contribution in [0.5, 0.6) is 0 Å². The van der Waals surface area contributed by atoms with Crippen molar-refractivity contribution in [2.45, 2.75) is 119 Å². The molecule has 2 aliphatic heterocycles. The highest BCUT2D eigenvalue weighted by molar-refractivity contribution is 6.48. The minimum absolute atomic E-state index is 0.0448. The number of hydrogen-bond acceptors (Lipinski definition) is 4. The number of rotatable bonds is 10. The Labute approximate surface area is 423 Å². The number of carbonyl (C=O) groups is 4. The van der Waals surface area contributed by atoms with Crippen molar-refractivity contribution in [3.63, 3.8) is 0 Å². The third-order valence-electron chi connectivity index (χ3n) is 15.7. The summed E-state index contributed by atoms with van der Waals surface area (Å²) >= 11 is 0. The zero-order chi connectivity index (χ0) is 50.9. The molecule has 6 heteroatoms. The van der Waals surface area contributed by atoms with Gasteiger partial charge in [0.1, 0.15) is 0 Å². The van der Waals surface area contributed by atoms with E-state index in [0.29, 0.717) is 44.4 Å². The van der Waals surface area contributed by atoms with E-state index in [9.17, 15) is 0 Å². The van der Waals surface area contributed by atoms with E-state index in [1.165, 1.54) is 9.80 Å². The molecule has 0 aliphatic carbocycles. The number of hydrogen-bond donors (Lipinski definition) is 0. The smallest absolute Gasteiger partial charge is 0.266 e. The normalized spacial score (nSPS) is 14.1. The van der Waals surface area contributed by atoms with Crippen LogP contribution in [-0.4, -0.2) is 23.6 Å². The summed E-state index contributed by atoms with van der Waals surface area (Å²) in [5.41, 5.74) is 12.9. The molecule has 6 nitrogen and oxygen atoms in total. The molecule has 2 aliphatic rings. The van der Waals surface area contributed by atoms with Crippen molar-refractivity contribution in [1.82, 2.24) is 0 Å². The van der Waals surface area contributed by atoms with Crippen molar-refractivity contribution in [2.75, 3.05) is 9.80 Å². The van der Waals surface area contributed by atoms with E-state index >= 15 is 19.2 Å². The maximum absolute atomic E-state index is 15.9. The van der Waals surface area contributed by atoms with E-state index in [4.69, 9.17) is 0 Å². The number of para-hydroxylation sites is 2. The van der Waals surface area contributed by atoms with Crippen LogP contribution in [0.4, 0.5) is 11.4 Å². The first-order valence-corrected chi connectivity index (χ1v) is 25.9. The van der Waals surface area contributed by atoms with Gasteiger partial charge in [-0.3, -0.25) is 19.2 Å². The molecule has 0 unspecified atom stereocenters. The van der Waals surface area contributed by atoms with E-state index in [2.05, 4.69) is 132 Å². The average Bonchev–Trinajstić information content (AvgIpc) is 3.36. The first-order valence-electron chi connectivity index (χ1n) is 25.9. The van der Waals surface area contributed by atoms with Crippen molar-refractivity contribution in [3.05, 3.63) is 177 Å². The van der Waals surface area contributed by atoms with E-state index in [1.807, 2.05) is 72.8 Å². The van der Waals surface area contributed by atoms with Gasteiger partial charge >= 0.3 is 0 Å². The molecular weight excluding hydrogens is 885 g/mol. The molecule has 72 heavy (non-hydrogen) atoms. The maximum atomic E-state index is 15.9. The summed E-state index contributed by atoms with van der Waals surface area (Å²) in [6.07, 6.45) is 0. The topological polar surface area (TPSA) is 74.8 Å². The molecule has 2 heterocycles. The van der Waals surface area contributed by atoms with Crippen molar-refractivity contribution in [3.8, 4) is 22.3 Å². The molecule has 360 valence electrons. The fourth-order valence-corrected chi connectivity index (χ4v) is 12.3. The Morgan fingerprint density at radius 2 is 0.556 bits per heavy atom. The molecule has 0 saturated carbocycles. The average molecular weight is 947 g/mol. The van der Waals surface area contributed by atoms with Crippen LogP contribution in [0.25, 0.3) is 65.3 Å². The van der Waals surface area contributed by atoms with Crippen LogP contribution in [0.2, 0.25) is 0 Å². The third kappa shape index (κ3) is 6.67. The summed E-state index contributed by atoms with van der Waals surface area (Å²) in [4.78, 5) is 65.7. The summed E-state index contributed by atoms with van der Waals surface area (Å²) in [5, 5.41) is 6.36. The number of benzene rings is 9. The Morgan fingerprint density at radius 3 is 0.875 bits per heavy atom. The van der Waals surface area contributed by atoms with Crippen LogP contribution in [0.3, 0.4) is 0 Å². The van der Waals surface area contributed by atoms with Gasteiger partial charge in [0.2, 0.25) is 0 Å². The largest absolute Gasteiger partial charge is 0.268 e. The van der Waals surface area contributed by atoms with Crippen molar-refractivity contribution in [2.24, 2.45) is 0 Å². The Hall–Kier alpha value is -7.44. The molecule has 9 aromatic rings. The quantitative estimate of drug-likeness (QED) is 0.0778. The highest BCUT2D eigenvalue weighted by Crippen LogP contribution is 2.54. The van der Waals surface area contributed by atoms with Crippen LogP contribution in [-0.2, 0) is 0 Å². The minimum atomic E-state index is -0.352. The Morgan fingerprint density at radius 1 is 0.264 bits per heavy atom. The van der Waals surface area contributed by atoms with Gasteiger partial charge in [0, 0.05) is 33.0 Å². The lowest BCUT2D eigenvalue weighted by Crippen LogP contribution is -2.42. The van der Waals surface area contributed by atoms with Gasteiger partial charge in [-0.05, 0) is 148 Å². The van der Waals surface area contributed by atoms with Gasteiger partial charge in [-0.15, -0.1) is 0 Å². The van der Waals surface area contributed by atoms with Gasteiger partial charge < -0.3 is 0 Å². The molecule has 0 saturated heterocycles. The second kappa shape index (κ2) is 17.1. The Balaban J connectivity index is 1.34. The van der Waals surface area contributed by atoms with Gasteiger partial charge in [-0.1, -0.05) is 180 Å². The summed E-state index contributed by atoms with van der Waals surface area (Å²) in [6, 6.07) is 41.0. The number of imide groups is 2. The van der Waals surface area contributed by atoms with Crippen LogP contribution in [0.1, 0.15) is 193 Å². The molecule has 0 N–H and O–H groups in total. The second-order valence-electron chi connectivity index (χ2n) is 22.1. The van der Waals surface area contributed by atoms with Crippen molar-refractivity contribution in [1.29, 1.82) is 0 Å². The second-order valence-corrected chi connectivity index (χ2v) is 22.1. The summed E-state index contributed by atoms with van der Waals surface area (Å²) < 4.78 is 0. The van der Waals surface area contributed by atoms with Gasteiger partial charge in [0.25, 0.3) is 23.6 Å². The number of carbonyl (C=O) groups excluding carboxylic acids is 4. The lowest BCUT2D eigenvalue weighted by molar-refractivity contribution is 0.0877. The number of anilines is 2. The lowest BCUT2D eigenvalue weighted by Gasteiger charge is -2.35. The molecule has 0 bridgehead atoms. The molecule has 0 fully saturated rings. The monoisotopic (exact) mass is 946 g/mol. The Bertz CT molecular complexity index is 3510. The molecule has 9 aromatic carbocycles. The van der Waals surface area contributed by atoms with Gasteiger partial charge in [0.05, 0.1) is 11.4 Å². The molecule has 11 rings (SSSR count). The van der Waals surface area contributed by atoms with E-state index < -0.39 is 0 Å². The highest BCUT2D eigenvalue weighted by atomic mass is 16.2. The SMILES string of the molecule is CC(C)c1ccccc1-c1cc2c3c(ccc4c5c(-c6ccccc6C(C)C)cc6c7c(ccc(c1c34)c75)C(=O)N(c1c(C(C)C)cccc1C(C)C)C6=O)C(=O)N(c1c(C(C)C)cccc1C(C)C)C2=O. The van der Waals surface area contributed by atoms with Crippen molar-refractivity contribution < 1.29 is 19.2 Å². The van der Waals surface area contributed by atoms with Crippen LogP contribution in [0.15, 0.2) is 121 Å². The zero-order valence-corrected chi connectivity index (χ0v) is 43.5. The number of amides is 4. The third-order valence-corrected chi connectivity index (χ3v) is 15.7. The predicted molar refractivity (Wildman–Crippen MR) is 298 cm³/mol. The van der Waals surface area contributed by atoms with E-state index in [0.717, 1.165) is 88.0 Å². The fourth-order valence-electron chi connectivity index (χ4n) is 12.3. The highest BCUT2D eigenvalue weighted by Gasteiger charge is 2.42. The number of fused-ring (bicyclic) bond motifs is 2. The van der Waals surface area contributed by atoms with Gasteiger partial charge in [-0.2, -0.15) is 0 Å². The maximum Gasteiger partial charge on any atom is 0.266 e. The first kappa shape index (κ1) is 46.9. The fraction of sp³-hybridized carbons (Fsp3) is 0.273. The van der Waals surface area contributed by atoms with Gasteiger partial charge in [0.15, 0.2) is 0 Å². The predicted octanol–water partition coefficient (Wildman–Crippen LogP) is 17.4. The molecular formula is C66H62N2O4. The standard InChI is InChI=1S/C66H62N2O4/c1-33(2)39-19-13-15-21-45(39)51-31-53-57-49(63(69)67(65(53)71)61-41(35(5)6)23-17-24-42(61)36(7)8)30-28-48-56-52(46-22-16-14-20-40(46)34(3)4)32-54-58-50(29-27-47(60(56)58)55(51)59(48)57)64(70)68(66(54)72)62-43(37(9)10)25-18-26-44(62)38(11)12/h13-38H,1-12H3. The lowest BCUT2D eigenvalue weighted by atomic mass is 9.76. The van der Waals surface area contributed by atoms with Crippen molar-refractivity contribution >= 4 is 78.1 Å². The van der Waals surface area contributed by atoms with Crippen LogP contribution in [0, 0.1) is 0 Å². The van der Waals surface area contributed by atoms with Gasteiger partial charge in [-0.25, -0.2) is 9.80 Å². The molecule has 0 aromatic heterocycles. The number of nitrogens with zero attached hydrogens (tertiary/aromatic N) is 2. The van der Waals surface area contributed by atoms with E-state index in [1.54, 1.807) is 0 Å². The molecule has 0 spiro atoms. The zero-order valence-electron chi connectivity index (χ0n) is 43.5. The minimum Gasteiger partial charge on any atom is -0.268 e. The molecule has 4 amide bonds. The summed E-state index contributed by atoms with van der Waals surface area (Å²) in [6.45, 7) is 25.6. The van der Waals surface area contributed by atoms with E-state index in [-0.39, 0.29) is 59.1 Å². The summed E-state index contributed by atoms with van der Waals surface area (Å²) in [5.74, 6) is -0.965. The first-order chi connectivity index (χ1) is 34.4. The molecule has 0 radical (unpaired) electrons. The Kier molecular flexibility index (Phi) is 11.2. The van der Waals surface area contributed by atoms with Crippen LogP contribution >= 0.6 is 0 Å². The molecule has 0 atom stereocenters. The van der Waals surface area contributed by atoms with Crippen LogP contribution < -0.4 is 9.80 Å². The summed E-state index contributed by atoms with van der Waals surface area (Å²) in [7, 11) is 0.